The van der Waals surface area contributed by atoms with Crippen LogP contribution in [0.4, 0.5) is 4.39 Å². The van der Waals surface area contributed by atoms with Gasteiger partial charge in [-0.2, -0.15) is 0 Å². The van der Waals surface area contributed by atoms with Crippen LogP contribution < -0.4 is 10.1 Å². The van der Waals surface area contributed by atoms with Crippen molar-refractivity contribution in [2.24, 2.45) is 0 Å². The lowest BCUT2D eigenvalue weighted by Gasteiger charge is -2.13. The average Bonchev–Trinajstić information content (AvgIpc) is 2.59. The molecule has 0 aliphatic heterocycles. The number of halogens is 1. The van der Waals surface area contributed by atoms with Crippen molar-refractivity contribution in [2.75, 3.05) is 13.2 Å². The molecule has 0 radical (unpaired) electrons. The standard InChI is InChI=1S/C18H20FNO3/c1-2-13-3-9-16(10-4-13)23-12-18(22)20-11-17(21)14-5-7-15(19)8-6-14/h3-10,17,21H,2,11-12H2,1H3,(H,20,22). The SMILES string of the molecule is CCc1ccc(OCC(=O)NCC(O)c2ccc(F)cc2)cc1. The van der Waals surface area contributed by atoms with Gasteiger partial charge in [-0.05, 0) is 41.8 Å². The molecule has 0 saturated carbocycles. The summed E-state index contributed by atoms with van der Waals surface area (Å²) in [7, 11) is 0. The molecule has 0 aliphatic rings. The zero-order valence-electron chi connectivity index (χ0n) is 13.0. The number of aryl methyl sites for hydroxylation is 1. The van der Waals surface area contributed by atoms with Crippen LogP contribution in [0, 0.1) is 5.82 Å². The van der Waals surface area contributed by atoms with Crippen LogP contribution in [0.2, 0.25) is 0 Å². The Kier molecular flexibility index (Phi) is 6.11. The van der Waals surface area contributed by atoms with Gasteiger partial charge in [-0.3, -0.25) is 4.79 Å². The lowest BCUT2D eigenvalue weighted by atomic mass is 10.1. The van der Waals surface area contributed by atoms with E-state index < -0.39 is 6.10 Å². The van der Waals surface area contributed by atoms with E-state index >= 15 is 0 Å². The van der Waals surface area contributed by atoms with E-state index in [0.717, 1.165) is 6.42 Å². The van der Waals surface area contributed by atoms with Gasteiger partial charge in [0.05, 0.1) is 6.10 Å². The second-order valence-corrected chi connectivity index (χ2v) is 5.16. The molecule has 0 heterocycles. The molecule has 23 heavy (non-hydrogen) atoms. The maximum absolute atomic E-state index is 12.8. The van der Waals surface area contributed by atoms with Crippen molar-refractivity contribution >= 4 is 5.91 Å². The van der Waals surface area contributed by atoms with Crippen molar-refractivity contribution in [2.45, 2.75) is 19.4 Å². The van der Waals surface area contributed by atoms with Crippen molar-refractivity contribution in [1.29, 1.82) is 0 Å². The third-order valence-electron chi connectivity index (χ3n) is 3.45. The Morgan fingerprint density at radius 2 is 1.83 bits per heavy atom. The first-order valence-corrected chi connectivity index (χ1v) is 7.50. The Morgan fingerprint density at radius 3 is 2.43 bits per heavy atom. The summed E-state index contributed by atoms with van der Waals surface area (Å²) >= 11 is 0. The molecule has 0 aromatic heterocycles. The Bertz CT molecular complexity index is 626. The smallest absolute Gasteiger partial charge is 0.258 e. The number of aliphatic hydroxyl groups is 1. The van der Waals surface area contributed by atoms with E-state index in [1.54, 1.807) is 0 Å². The number of hydrogen-bond acceptors (Lipinski definition) is 3. The Hall–Kier alpha value is -2.40. The lowest BCUT2D eigenvalue weighted by molar-refractivity contribution is -0.123. The maximum Gasteiger partial charge on any atom is 0.258 e. The van der Waals surface area contributed by atoms with Crippen molar-refractivity contribution in [3.05, 3.63) is 65.5 Å². The highest BCUT2D eigenvalue weighted by atomic mass is 19.1. The van der Waals surface area contributed by atoms with Gasteiger partial charge in [0.15, 0.2) is 6.61 Å². The van der Waals surface area contributed by atoms with E-state index in [2.05, 4.69) is 12.2 Å². The van der Waals surface area contributed by atoms with E-state index in [9.17, 15) is 14.3 Å². The second kappa shape index (κ2) is 8.29. The Morgan fingerprint density at radius 1 is 1.17 bits per heavy atom. The highest BCUT2D eigenvalue weighted by Gasteiger charge is 2.10. The summed E-state index contributed by atoms with van der Waals surface area (Å²) in [6, 6.07) is 13.0. The van der Waals surface area contributed by atoms with Gasteiger partial charge in [0, 0.05) is 6.54 Å². The molecule has 0 aliphatic carbocycles. The van der Waals surface area contributed by atoms with E-state index in [1.807, 2.05) is 24.3 Å². The number of hydrogen-bond donors (Lipinski definition) is 2. The molecule has 0 saturated heterocycles. The average molecular weight is 317 g/mol. The topological polar surface area (TPSA) is 58.6 Å². The van der Waals surface area contributed by atoms with Crippen LogP contribution in [0.25, 0.3) is 0 Å². The molecule has 1 unspecified atom stereocenters. The largest absolute Gasteiger partial charge is 0.484 e. The predicted octanol–water partition coefficient (Wildman–Crippen LogP) is 2.62. The Balaban J connectivity index is 1.74. The summed E-state index contributed by atoms with van der Waals surface area (Å²) in [4.78, 5) is 11.7. The Labute approximate surface area is 134 Å². The third-order valence-corrected chi connectivity index (χ3v) is 3.45. The van der Waals surface area contributed by atoms with Crippen molar-refractivity contribution in [1.82, 2.24) is 5.32 Å². The number of nitrogens with one attached hydrogen (secondary N) is 1. The summed E-state index contributed by atoms with van der Waals surface area (Å²) in [5, 5.41) is 12.5. The van der Waals surface area contributed by atoms with Crippen molar-refractivity contribution in [3.63, 3.8) is 0 Å². The first-order valence-electron chi connectivity index (χ1n) is 7.50. The molecule has 1 atom stereocenters. The van der Waals surface area contributed by atoms with Crippen LogP contribution in [-0.2, 0) is 11.2 Å². The summed E-state index contributed by atoms with van der Waals surface area (Å²) < 4.78 is 18.2. The van der Waals surface area contributed by atoms with E-state index in [4.69, 9.17) is 4.74 Å². The number of ether oxygens (including phenoxy) is 1. The predicted molar refractivity (Wildman–Crippen MR) is 85.7 cm³/mol. The van der Waals surface area contributed by atoms with Gasteiger partial charge in [-0.25, -0.2) is 4.39 Å². The zero-order valence-corrected chi connectivity index (χ0v) is 13.0. The van der Waals surface area contributed by atoms with Crippen LogP contribution in [-0.4, -0.2) is 24.2 Å². The zero-order chi connectivity index (χ0) is 16.7. The minimum atomic E-state index is -0.886. The third kappa shape index (κ3) is 5.38. The second-order valence-electron chi connectivity index (χ2n) is 5.16. The summed E-state index contributed by atoms with van der Waals surface area (Å²) in [5.41, 5.74) is 1.74. The molecule has 122 valence electrons. The molecule has 2 rings (SSSR count). The quantitative estimate of drug-likeness (QED) is 0.825. The summed E-state index contributed by atoms with van der Waals surface area (Å²) in [6.45, 7) is 1.99. The molecule has 0 bridgehead atoms. The van der Waals surface area contributed by atoms with Crippen LogP contribution >= 0.6 is 0 Å². The highest BCUT2D eigenvalue weighted by Crippen LogP contribution is 2.13. The molecule has 0 fully saturated rings. The van der Waals surface area contributed by atoms with E-state index in [0.29, 0.717) is 11.3 Å². The molecule has 0 spiro atoms. The van der Waals surface area contributed by atoms with Crippen molar-refractivity contribution in [3.8, 4) is 5.75 Å². The number of benzene rings is 2. The lowest BCUT2D eigenvalue weighted by Crippen LogP contribution is -2.32. The monoisotopic (exact) mass is 317 g/mol. The molecular weight excluding hydrogens is 297 g/mol. The van der Waals surface area contributed by atoms with Crippen LogP contribution in [0.1, 0.15) is 24.2 Å². The molecule has 2 N–H and O–H groups in total. The van der Waals surface area contributed by atoms with Gasteiger partial charge in [0.25, 0.3) is 5.91 Å². The first kappa shape index (κ1) is 17.0. The minimum absolute atomic E-state index is 0.0442. The summed E-state index contributed by atoms with van der Waals surface area (Å²) in [5.74, 6) is -0.0744. The van der Waals surface area contributed by atoms with Crippen LogP contribution in [0.3, 0.4) is 0 Å². The normalized spacial score (nSPS) is 11.8. The number of carbonyl (C=O) groups is 1. The van der Waals surface area contributed by atoms with Gasteiger partial charge in [-0.1, -0.05) is 31.2 Å². The fraction of sp³-hybridized carbons (Fsp3) is 0.278. The first-order chi connectivity index (χ1) is 11.1. The van der Waals surface area contributed by atoms with Gasteiger partial charge in [0.2, 0.25) is 0 Å². The van der Waals surface area contributed by atoms with Gasteiger partial charge < -0.3 is 15.2 Å². The van der Waals surface area contributed by atoms with Gasteiger partial charge in [-0.15, -0.1) is 0 Å². The van der Waals surface area contributed by atoms with Crippen molar-refractivity contribution < 1.29 is 19.0 Å². The fourth-order valence-electron chi connectivity index (χ4n) is 2.03. The van der Waals surface area contributed by atoms with E-state index in [1.165, 1.54) is 29.8 Å². The fourth-order valence-corrected chi connectivity index (χ4v) is 2.03. The number of amides is 1. The maximum atomic E-state index is 12.8. The number of aliphatic hydroxyl groups excluding tert-OH is 1. The molecule has 4 nitrogen and oxygen atoms in total. The molecule has 2 aromatic carbocycles. The molecule has 2 aromatic rings. The minimum Gasteiger partial charge on any atom is -0.484 e. The molecular formula is C18H20FNO3. The van der Waals surface area contributed by atoms with Crippen LogP contribution in [0.15, 0.2) is 48.5 Å². The molecule has 5 heteroatoms. The molecule has 1 amide bonds. The highest BCUT2D eigenvalue weighted by molar-refractivity contribution is 5.77. The number of rotatable bonds is 7. The number of carbonyl (C=O) groups excluding carboxylic acids is 1. The van der Waals surface area contributed by atoms with Gasteiger partial charge in [0.1, 0.15) is 11.6 Å². The van der Waals surface area contributed by atoms with Crippen LogP contribution in [0.5, 0.6) is 5.75 Å². The summed E-state index contributed by atoms with van der Waals surface area (Å²) in [6.07, 6.45) is 0.0607. The van der Waals surface area contributed by atoms with E-state index in [-0.39, 0.29) is 24.9 Å². The van der Waals surface area contributed by atoms with Gasteiger partial charge >= 0.3 is 0 Å².